The summed E-state index contributed by atoms with van der Waals surface area (Å²) in [5.41, 5.74) is 1.09. The van der Waals surface area contributed by atoms with Crippen molar-refractivity contribution in [2.24, 2.45) is 5.92 Å². The predicted octanol–water partition coefficient (Wildman–Crippen LogP) is 1.63. The number of carbonyl (C=O) groups is 1. The highest BCUT2D eigenvalue weighted by Gasteiger charge is 2.38. The number of aliphatic hydroxyl groups excluding tert-OH is 1. The minimum Gasteiger partial charge on any atom is -0.391 e. The van der Waals surface area contributed by atoms with Crippen LogP contribution in [-0.2, 0) is 11.2 Å². The minimum atomic E-state index is -0.532. The maximum Gasteiger partial charge on any atom is 0.237 e. The summed E-state index contributed by atoms with van der Waals surface area (Å²) in [6.07, 6.45) is 6.01. The van der Waals surface area contributed by atoms with Crippen molar-refractivity contribution in [3.8, 4) is 0 Å². The van der Waals surface area contributed by atoms with Gasteiger partial charge in [0.1, 0.15) is 0 Å². The molecule has 1 heterocycles. The first kappa shape index (κ1) is 15.5. The maximum atomic E-state index is 12.3. The van der Waals surface area contributed by atoms with Crippen LogP contribution in [0.2, 0.25) is 0 Å². The first-order chi connectivity index (χ1) is 10.7. The van der Waals surface area contributed by atoms with Gasteiger partial charge in [0, 0.05) is 19.0 Å². The fourth-order valence-electron chi connectivity index (χ4n) is 3.82. The molecular formula is C18H26N2O2. The molecule has 1 saturated carbocycles. The van der Waals surface area contributed by atoms with Gasteiger partial charge in [0.25, 0.3) is 0 Å². The number of rotatable bonds is 5. The molecule has 1 aromatic rings. The number of amides is 1. The van der Waals surface area contributed by atoms with E-state index in [2.05, 4.69) is 10.6 Å². The lowest BCUT2D eigenvalue weighted by Gasteiger charge is -2.24. The third kappa shape index (κ3) is 3.87. The van der Waals surface area contributed by atoms with Crippen molar-refractivity contribution in [1.29, 1.82) is 0 Å². The zero-order chi connectivity index (χ0) is 15.4. The van der Waals surface area contributed by atoms with Gasteiger partial charge >= 0.3 is 0 Å². The number of aliphatic hydroxyl groups is 1. The Labute approximate surface area is 132 Å². The summed E-state index contributed by atoms with van der Waals surface area (Å²) >= 11 is 0. The number of nitrogens with one attached hydrogen (secondary N) is 2. The van der Waals surface area contributed by atoms with E-state index in [-0.39, 0.29) is 11.9 Å². The smallest absolute Gasteiger partial charge is 0.237 e. The fraction of sp³-hybridized carbons (Fsp3) is 0.611. The number of hydrogen-bond acceptors (Lipinski definition) is 3. The molecule has 1 saturated heterocycles. The van der Waals surface area contributed by atoms with Crippen LogP contribution in [0.5, 0.6) is 0 Å². The van der Waals surface area contributed by atoms with E-state index in [1.54, 1.807) is 0 Å². The van der Waals surface area contributed by atoms with E-state index >= 15 is 0 Å². The van der Waals surface area contributed by atoms with Crippen LogP contribution in [0.15, 0.2) is 30.3 Å². The lowest BCUT2D eigenvalue weighted by molar-refractivity contribution is -0.123. The number of carbonyl (C=O) groups excluding carboxylic acids is 1. The number of hydrogen-bond donors (Lipinski definition) is 3. The van der Waals surface area contributed by atoms with Crippen LogP contribution in [0.25, 0.3) is 0 Å². The SMILES string of the molecule is O=C(NCC(O)Cc1ccccc1)C1CC2CCCCC2N1. The second-order valence-corrected chi connectivity index (χ2v) is 6.69. The summed E-state index contributed by atoms with van der Waals surface area (Å²) in [6, 6.07) is 10.3. The molecule has 4 atom stereocenters. The highest BCUT2D eigenvalue weighted by atomic mass is 16.3. The van der Waals surface area contributed by atoms with E-state index < -0.39 is 6.10 Å². The molecule has 0 bridgehead atoms. The zero-order valence-electron chi connectivity index (χ0n) is 13.0. The third-order valence-electron chi connectivity index (χ3n) is 5.01. The Balaban J connectivity index is 1.42. The molecule has 0 spiro atoms. The molecule has 120 valence electrons. The highest BCUT2D eigenvalue weighted by molar-refractivity contribution is 5.82. The van der Waals surface area contributed by atoms with Crippen molar-refractivity contribution in [2.75, 3.05) is 6.54 Å². The third-order valence-corrected chi connectivity index (χ3v) is 5.01. The molecule has 1 aliphatic carbocycles. The standard InChI is InChI=1S/C18H26N2O2/c21-15(10-13-6-2-1-3-7-13)12-19-18(22)17-11-14-8-4-5-9-16(14)20-17/h1-3,6-7,14-17,20-21H,4-5,8-12H2,(H,19,22). The zero-order valence-corrected chi connectivity index (χ0v) is 13.0. The highest BCUT2D eigenvalue weighted by Crippen LogP contribution is 2.33. The predicted molar refractivity (Wildman–Crippen MR) is 86.4 cm³/mol. The molecule has 22 heavy (non-hydrogen) atoms. The summed E-state index contributed by atoms with van der Waals surface area (Å²) in [5.74, 6) is 0.709. The van der Waals surface area contributed by atoms with Gasteiger partial charge in [-0.3, -0.25) is 4.79 Å². The van der Waals surface area contributed by atoms with Gasteiger partial charge in [-0.1, -0.05) is 43.2 Å². The Morgan fingerprint density at radius 1 is 1.27 bits per heavy atom. The van der Waals surface area contributed by atoms with Crippen LogP contribution in [0.1, 0.15) is 37.7 Å². The maximum absolute atomic E-state index is 12.3. The largest absolute Gasteiger partial charge is 0.391 e. The van der Waals surface area contributed by atoms with E-state index in [4.69, 9.17) is 0 Å². The lowest BCUT2D eigenvalue weighted by atomic mass is 9.85. The molecule has 4 nitrogen and oxygen atoms in total. The molecule has 4 unspecified atom stereocenters. The van der Waals surface area contributed by atoms with Gasteiger partial charge in [-0.15, -0.1) is 0 Å². The summed E-state index contributed by atoms with van der Waals surface area (Å²) in [6.45, 7) is 0.321. The quantitative estimate of drug-likeness (QED) is 0.775. The van der Waals surface area contributed by atoms with Crippen LogP contribution in [0, 0.1) is 5.92 Å². The van der Waals surface area contributed by atoms with Crippen LogP contribution in [-0.4, -0.2) is 35.7 Å². The molecule has 1 aliphatic heterocycles. The average Bonchev–Trinajstić information content (AvgIpc) is 2.98. The molecule has 2 aliphatic rings. The topological polar surface area (TPSA) is 61.4 Å². The molecule has 2 fully saturated rings. The second-order valence-electron chi connectivity index (χ2n) is 6.69. The van der Waals surface area contributed by atoms with Crippen molar-refractivity contribution in [3.05, 3.63) is 35.9 Å². The Morgan fingerprint density at radius 2 is 2.05 bits per heavy atom. The van der Waals surface area contributed by atoms with Crippen molar-refractivity contribution in [3.63, 3.8) is 0 Å². The van der Waals surface area contributed by atoms with Crippen molar-refractivity contribution in [1.82, 2.24) is 10.6 Å². The number of benzene rings is 1. The monoisotopic (exact) mass is 302 g/mol. The van der Waals surface area contributed by atoms with Crippen LogP contribution >= 0.6 is 0 Å². The molecule has 0 radical (unpaired) electrons. The molecule has 1 amide bonds. The first-order valence-electron chi connectivity index (χ1n) is 8.48. The Kier molecular flexibility index (Phi) is 5.11. The molecule has 1 aromatic carbocycles. The van der Waals surface area contributed by atoms with Crippen LogP contribution in [0.4, 0.5) is 0 Å². The minimum absolute atomic E-state index is 0.0431. The summed E-state index contributed by atoms with van der Waals surface area (Å²) in [5, 5.41) is 16.4. The van der Waals surface area contributed by atoms with E-state index in [1.165, 1.54) is 25.7 Å². The van der Waals surface area contributed by atoms with E-state index in [1.807, 2.05) is 30.3 Å². The summed E-state index contributed by atoms with van der Waals surface area (Å²) in [7, 11) is 0. The van der Waals surface area contributed by atoms with Gasteiger partial charge in [0.15, 0.2) is 0 Å². The Hall–Kier alpha value is -1.39. The second kappa shape index (κ2) is 7.25. The Morgan fingerprint density at radius 3 is 2.82 bits per heavy atom. The van der Waals surface area contributed by atoms with Crippen molar-refractivity contribution >= 4 is 5.91 Å². The molecule has 3 rings (SSSR count). The van der Waals surface area contributed by atoms with Gasteiger partial charge in [-0.2, -0.15) is 0 Å². The molecule has 3 N–H and O–H groups in total. The number of fused-ring (bicyclic) bond motifs is 1. The van der Waals surface area contributed by atoms with Gasteiger partial charge < -0.3 is 15.7 Å². The van der Waals surface area contributed by atoms with Crippen LogP contribution < -0.4 is 10.6 Å². The van der Waals surface area contributed by atoms with Crippen molar-refractivity contribution < 1.29 is 9.90 Å². The summed E-state index contributed by atoms with van der Waals surface area (Å²) in [4.78, 5) is 12.3. The fourth-order valence-corrected chi connectivity index (χ4v) is 3.82. The van der Waals surface area contributed by atoms with Gasteiger partial charge in [-0.25, -0.2) is 0 Å². The van der Waals surface area contributed by atoms with Gasteiger partial charge in [0.05, 0.1) is 12.1 Å². The molecular weight excluding hydrogens is 276 g/mol. The van der Waals surface area contributed by atoms with E-state index in [9.17, 15) is 9.90 Å². The normalized spacial score (nSPS) is 28.9. The Bertz CT molecular complexity index is 477. The first-order valence-corrected chi connectivity index (χ1v) is 8.48. The van der Waals surface area contributed by atoms with Gasteiger partial charge in [-0.05, 0) is 30.7 Å². The van der Waals surface area contributed by atoms with E-state index in [0.29, 0.717) is 24.9 Å². The summed E-state index contributed by atoms with van der Waals surface area (Å²) < 4.78 is 0. The van der Waals surface area contributed by atoms with Crippen molar-refractivity contribution in [2.45, 2.75) is 56.7 Å². The lowest BCUT2D eigenvalue weighted by Crippen LogP contribution is -2.45. The van der Waals surface area contributed by atoms with E-state index in [0.717, 1.165) is 12.0 Å². The molecule has 0 aromatic heterocycles. The molecule has 4 heteroatoms. The van der Waals surface area contributed by atoms with Crippen LogP contribution in [0.3, 0.4) is 0 Å². The van der Waals surface area contributed by atoms with Gasteiger partial charge in [0.2, 0.25) is 5.91 Å². The average molecular weight is 302 g/mol.